The zero-order valence-electron chi connectivity index (χ0n) is 10.8. The van der Waals surface area contributed by atoms with E-state index >= 15 is 0 Å². The van der Waals surface area contributed by atoms with E-state index in [0.717, 1.165) is 12.8 Å². The van der Waals surface area contributed by atoms with Crippen molar-refractivity contribution in [1.82, 2.24) is 10.2 Å². The summed E-state index contributed by atoms with van der Waals surface area (Å²) in [6.45, 7) is 4.59. The first kappa shape index (κ1) is 13.1. The number of hydrogen-bond acceptors (Lipinski definition) is 3. The van der Waals surface area contributed by atoms with Crippen molar-refractivity contribution in [1.29, 1.82) is 0 Å². The molecule has 1 saturated carbocycles. The van der Waals surface area contributed by atoms with Crippen molar-refractivity contribution in [2.75, 3.05) is 19.7 Å². The van der Waals surface area contributed by atoms with E-state index in [1.54, 1.807) is 4.90 Å². The molecule has 2 aliphatic rings. The van der Waals surface area contributed by atoms with Crippen LogP contribution >= 0.6 is 0 Å². The number of rotatable bonds is 4. The number of carboxylic acids is 1. The molecule has 0 aromatic carbocycles. The number of amides is 2. The van der Waals surface area contributed by atoms with Crippen LogP contribution in [0.3, 0.4) is 0 Å². The fraction of sp³-hybridized carbons (Fsp3) is 0.833. The molecular formula is C12H20N2O4. The van der Waals surface area contributed by atoms with Crippen LogP contribution in [0.5, 0.6) is 0 Å². The minimum atomic E-state index is -0.984. The van der Waals surface area contributed by atoms with Gasteiger partial charge in [-0.25, -0.2) is 9.59 Å². The predicted molar refractivity (Wildman–Crippen MR) is 64.3 cm³/mol. The van der Waals surface area contributed by atoms with Gasteiger partial charge in [-0.1, -0.05) is 6.92 Å². The average Bonchev–Trinajstić information content (AvgIpc) is 2.20. The summed E-state index contributed by atoms with van der Waals surface area (Å²) in [5.74, 6) is -0.279. The quantitative estimate of drug-likeness (QED) is 0.775. The number of nitrogens with zero attached hydrogens (tertiary/aromatic N) is 1. The van der Waals surface area contributed by atoms with Crippen LogP contribution in [0.2, 0.25) is 0 Å². The summed E-state index contributed by atoms with van der Waals surface area (Å²) in [7, 11) is 0. The van der Waals surface area contributed by atoms with Crippen LogP contribution in [0.1, 0.15) is 26.7 Å². The lowest BCUT2D eigenvalue weighted by molar-refractivity contribution is -0.159. The second-order valence-corrected chi connectivity index (χ2v) is 5.71. The largest absolute Gasteiger partial charge is 0.480 e. The normalized spacial score (nSPS) is 29.1. The second-order valence-electron chi connectivity index (χ2n) is 5.71. The summed E-state index contributed by atoms with van der Waals surface area (Å²) in [5.41, 5.74) is -0.511. The SMILES string of the molecule is CC1CC(NC(=O)N2CC(C)(OCC(=O)O)C2)C1. The molecule has 0 atom stereocenters. The molecule has 2 N–H and O–H groups in total. The summed E-state index contributed by atoms with van der Waals surface area (Å²) in [4.78, 5) is 23.9. The Balaban J connectivity index is 1.68. The molecule has 6 nitrogen and oxygen atoms in total. The van der Waals surface area contributed by atoms with Crippen molar-refractivity contribution >= 4 is 12.0 Å². The summed E-state index contributed by atoms with van der Waals surface area (Å²) < 4.78 is 5.25. The maximum Gasteiger partial charge on any atom is 0.329 e. The number of nitrogens with one attached hydrogen (secondary N) is 1. The van der Waals surface area contributed by atoms with Gasteiger partial charge in [-0.3, -0.25) is 0 Å². The first-order chi connectivity index (χ1) is 8.38. The van der Waals surface area contributed by atoms with Crippen LogP contribution in [0.25, 0.3) is 0 Å². The van der Waals surface area contributed by atoms with Crippen LogP contribution in [-0.2, 0) is 9.53 Å². The second kappa shape index (κ2) is 4.76. The van der Waals surface area contributed by atoms with Crippen LogP contribution in [0.15, 0.2) is 0 Å². The molecule has 0 unspecified atom stereocenters. The van der Waals surface area contributed by atoms with Gasteiger partial charge in [0.15, 0.2) is 0 Å². The lowest BCUT2D eigenvalue weighted by Crippen LogP contribution is -2.66. The van der Waals surface area contributed by atoms with Gasteiger partial charge in [0.1, 0.15) is 12.2 Å². The smallest absolute Gasteiger partial charge is 0.329 e. The maximum atomic E-state index is 11.8. The highest BCUT2D eigenvalue weighted by molar-refractivity contribution is 5.76. The summed E-state index contributed by atoms with van der Waals surface area (Å²) in [6, 6.07) is 0.239. The van der Waals surface area contributed by atoms with Gasteiger partial charge in [0.25, 0.3) is 0 Å². The van der Waals surface area contributed by atoms with Crippen molar-refractivity contribution in [3.8, 4) is 0 Å². The number of aliphatic carboxylic acids is 1. The zero-order chi connectivity index (χ0) is 13.3. The summed E-state index contributed by atoms with van der Waals surface area (Å²) >= 11 is 0. The lowest BCUT2D eigenvalue weighted by atomic mass is 9.82. The first-order valence-electron chi connectivity index (χ1n) is 6.29. The van der Waals surface area contributed by atoms with Crippen molar-refractivity contribution in [3.63, 3.8) is 0 Å². The van der Waals surface area contributed by atoms with Gasteiger partial charge in [-0.05, 0) is 25.7 Å². The Hall–Kier alpha value is -1.30. The molecule has 0 spiro atoms. The zero-order valence-corrected chi connectivity index (χ0v) is 10.8. The molecule has 0 bridgehead atoms. The van der Waals surface area contributed by atoms with Gasteiger partial charge in [0.2, 0.25) is 0 Å². The fourth-order valence-corrected chi connectivity index (χ4v) is 2.52. The van der Waals surface area contributed by atoms with Gasteiger partial charge in [-0.2, -0.15) is 0 Å². The van der Waals surface area contributed by atoms with E-state index in [1.807, 2.05) is 6.92 Å². The monoisotopic (exact) mass is 256 g/mol. The van der Waals surface area contributed by atoms with E-state index in [1.165, 1.54) is 0 Å². The standard InChI is InChI=1S/C12H20N2O4/c1-8-3-9(4-8)13-11(17)14-6-12(2,7-14)18-5-10(15)16/h8-9H,3-7H2,1-2H3,(H,13,17)(H,15,16). The van der Waals surface area contributed by atoms with E-state index in [9.17, 15) is 9.59 Å². The lowest BCUT2D eigenvalue weighted by Gasteiger charge is -2.48. The average molecular weight is 256 g/mol. The maximum absolute atomic E-state index is 11.8. The Bertz CT molecular complexity index is 346. The molecule has 102 valence electrons. The Morgan fingerprint density at radius 1 is 1.44 bits per heavy atom. The van der Waals surface area contributed by atoms with E-state index in [-0.39, 0.29) is 12.6 Å². The number of urea groups is 1. The molecular weight excluding hydrogens is 236 g/mol. The van der Waals surface area contributed by atoms with Crippen molar-refractivity contribution in [2.45, 2.75) is 38.3 Å². The molecule has 1 heterocycles. The molecule has 0 aromatic heterocycles. The number of carbonyl (C=O) groups is 2. The third-order valence-corrected chi connectivity index (χ3v) is 3.58. The molecule has 1 saturated heterocycles. The highest BCUT2D eigenvalue weighted by atomic mass is 16.5. The number of likely N-dealkylation sites (tertiary alicyclic amines) is 1. The topological polar surface area (TPSA) is 78.9 Å². The molecule has 1 aliphatic carbocycles. The Kier molecular flexibility index (Phi) is 3.47. The predicted octanol–water partition coefficient (Wildman–Crippen LogP) is 0.670. The Morgan fingerprint density at radius 3 is 2.56 bits per heavy atom. The molecule has 1 aliphatic heterocycles. The van der Waals surface area contributed by atoms with Gasteiger partial charge in [0, 0.05) is 6.04 Å². The van der Waals surface area contributed by atoms with Crippen molar-refractivity contribution in [3.05, 3.63) is 0 Å². The van der Waals surface area contributed by atoms with Gasteiger partial charge < -0.3 is 20.1 Å². The number of hydrogen-bond donors (Lipinski definition) is 2. The Labute approximate surface area is 106 Å². The van der Waals surface area contributed by atoms with Crippen LogP contribution in [-0.4, -0.2) is 53.3 Å². The summed E-state index contributed by atoms with van der Waals surface area (Å²) in [5, 5.41) is 11.5. The van der Waals surface area contributed by atoms with E-state index in [2.05, 4.69) is 12.2 Å². The first-order valence-corrected chi connectivity index (χ1v) is 6.29. The van der Waals surface area contributed by atoms with Crippen LogP contribution < -0.4 is 5.32 Å². The molecule has 18 heavy (non-hydrogen) atoms. The van der Waals surface area contributed by atoms with Crippen LogP contribution in [0.4, 0.5) is 4.79 Å². The third kappa shape index (κ3) is 2.93. The van der Waals surface area contributed by atoms with Crippen LogP contribution in [0, 0.1) is 5.92 Å². The molecule has 2 amide bonds. The number of ether oxygens (including phenoxy) is 1. The van der Waals surface area contributed by atoms with Gasteiger partial charge in [0.05, 0.1) is 13.1 Å². The highest BCUT2D eigenvalue weighted by Gasteiger charge is 2.43. The third-order valence-electron chi connectivity index (χ3n) is 3.58. The minimum absolute atomic E-state index is 0.0664. The molecule has 2 fully saturated rings. The molecule has 0 radical (unpaired) electrons. The van der Waals surface area contributed by atoms with Crippen molar-refractivity contribution < 1.29 is 19.4 Å². The van der Waals surface area contributed by atoms with Crippen molar-refractivity contribution in [2.24, 2.45) is 5.92 Å². The number of carbonyl (C=O) groups excluding carboxylic acids is 1. The molecule has 0 aromatic rings. The molecule has 6 heteroatoms. The van der Waals surface area contributed by atoms with E-state index in [4.69, 9.17) is 9.84 Å². The van der Waals surface area contributed by atoms with E-state index in [0.29, 0.717) is 25.0 Å². The number of carboxylic acid groups (broad SMARTS) is 1. The minimum Gasteiger partial charge on any atom is -0.480 e. The highest BCUT2D eigenvalue weighted by Crippen LogP contribution is 2.28. The Morgan fingerprint density at radius 2 is 2.06 bits per heavy atom. The van der Waals surface area contributed by atoms with Gasteiger partial charge in [-0.15, -0.1) is 0 Å². The molecule has 2 rings (SSSR count). The summed E-state index contributed by atoms with van der Waals surface area (Å²) in [6.07, 6.45) is 2.10. The van der Waals surface area contributed by atoms with E-state index < -0.39 is 11.6 Å². The fourth-order valence-electron chi connectivity index (χ4n) is 2.52. The van der Waals surface area contributed by atoms with Gasteiger partial charge >= 0.3 is 12.0 Å².